The zero-order valence-corrected chi connectivity index (χ0v) is 15.8. The van der Waals surface area contributed by atoms with E-state index in [9.17, 15) is 25.9 Å². The maximum atomic E-state index is 9.37. The molecule has 16 heteroatoms. The van der Waals surface area contributed by atoms with Gasteiger partial charge in [-0.25, -0.2) is 16.8 Å². The third kappa shape index (κ3) is 43.6. The summed E-state index contributed by atoms with van der Waals surface area (Å²) in [7, 11) is -10.6. The second kappa shape index (κ2) is 17.9. The molecule has 12 nitrogen and oxygen atoms in total. The van der Waals surface area contributed by atoms with Gasteiger partial charge in [0, 0.05) is 0 Å². The van der Waals surface area contributed by atoms with Crippen molar-refractivity contribution in [2.45, 2.75) is 0 Å². The summed E-state index contributed by atoms with van der Waals surface area (Å²) in [5, 5.41) is 24.0. The molecule has 0 amide bonds. The Bertz CT molecular complexity index is 253. The van der Waals surface area contributed by atoms with Crippen molar-refractivity contribution >= 4 is 20.8 Å². The summed E-state index contributed by atoms with van der Waals surface area (Å²) in [5.74, 6) is 0. The third-order valence-electron chi connectivity index (χ3n) is 0.194. The van der Waals surface area contributed by atoms with Gasteiger partial charge in [0.2, 0.25) is 20.8 Å². The first-order valence-electron chi connectivity index (χ1n) is 1.90. The molecule has 0 spiro atoms. The summed E-state index contributed by atoms with van der Waals surface area (Å²) < 4.78 is 61.5. The Morgan fingerprint density at radius 2 is 0.812 bits per heavy atom. The number of rotatable bonds is 3. The van der Waals surface area contributed by atoms with Gasteiger partial charge in [0.15, 0.2) is 0 Å². The van der Waals surface area contributed by atoms with Crippen LogP contribution in [0.5, 0.6) is 0 Å². The Kier molecular flexibility index (Phi) is 34.9. The third-order valence-corrected chi connectivity index (χ3v) is 0.750. The van der Waals surface area contributed by atoms with Crippen LogP contribution in [0, 0.1) is 0 Å². The predicted molar refractivity (Wildman–Crippen MR) is 32.1 cm³/mol. The molecule has 0 aliphatic heterocycles. The van der Waals surface area contributed by atoms with Crippen LogP contribution >= 0.6 is 0 Å². The van der Waals surface area contributed by atoms with Crippen molar-refractivity contribution in [1.82, 2.24) is 0 Å². The Morgan fingerprint density at radius 3 is 0.875 bits per heavy atom. The first-order valence-corrected chi connectivity index (χ1v) is 4.57. The van der Waals surface area contributed by atoms with Gasteiger partial charge in [-0.05, 0) is 0 Å². The second-order valence-corrected chi connectivity index (χ2v) is 2.86. The Morgan fingerprint density at radius 1 is 0.688 bits per heavy atom. The monoisotopic (exact) mass is 338 g/mol. The van der Waals surface area contributed by atoms with E-state index in [1.54, 1.807) is 0 Å². The molecule has 0 heterocycles. The first kappa shape index (κ1) is 31.3. The van der Waals surface area contributed by atoms with Gasteiger partial charge in [-0.1, -0.05) is 0 Å². The summed E-state index contributed by atoms with van der Waals surface area (Å²) in [4.78, 5) is 0. The van der Waals surface area contributed by atoms with Crippen LogP contribution in [0.4, 0.5) is 0 Å². The molecule has 16 heavy (non-hydrogen) atoms. The largest absolute Gasteiger partial charge is 1.00 e. The van der Waals surface area contributed by atoms with E-state index in [0.717, 1.165) is 0 Å². The Labute approximate surface area is 175 Å². The van der Waals surface area contributed by atoms with E-state index in [2.05, 4.69) is 8.67 Å². The molecule has 0 saturated carbocycles. The summed E-state index contributed by atoms with van der Waals surface area (Å²) in [6, 6.07) is 0. The number of hydrogen-bond acceptors (Lipinski definition) is 12. The molecule has 0 rings (SSSR count). The molecule has 0 bridgehead atoms. The van der Waals surface area contributed by atoms with E-state index >= 15 is 0 Å². The molecule has 0 aromatic heterocycles. The molecule has 4 N–H and O–H groups in total. The Balaban J connectivity index is -0.0000000602. The van der Waals surface area contributed by atoms with Gasteiger partial charge < -0.3 is 9.11 Å². The number of hydrogen-bond donors (Lipinski definition) is 4. The van der Waals surface area contributed by atoms with Crippen LogP contribution in [0.15, 0.2) is 0 Å². The minimum absolute atomic E-state index is 0. The Hall–Kier alpha value is 2.85. The van der Waals surface area contributed by atoms with E-state index in [0.29, 0.717) is 0 Å². The van der Waals surface area contributed by atoms with E-state index in [1.807, 2.05) is 0 Å². The van der Waals surface area contributed by atoms with Crippen LogP contribution in [-0.4, -0.2) is 47.0 Å². The van der Waals surface area contributed by atoms with E-state index in [-0.39, 0.29) is 103 Å². The predicted octanol–water partition coefficient (Wildman–Crippen LogP) is -8.10. The molecule has 0 radical (unpaired) electrons. The van der Waals surface area contributed by atoms with Crippen LogP contribution < -0.4 is 103 Å². The van der Waals surface area contributed by atoms with Gasteiger partial charge in [-0.3, -0.25) is 21.0 Å². The second-order valence-electron chi connectivity index (χ2n) is 0.953. The van der Waals surface area contributed by atoms with E-state index in [4.69, 9.17) is 21.0 Å². The molecule has 0 saturated heterocycles. The van der Waals surface area contributed by atoms with E-state index < -0.39 is 20.8 Å². The SMILES string of the molecule is O=S(=O)([O-])OOS(=O)(=O)[O-].OO.OO.[K+].[K+]. The summed E-state index contributed by atoms with van der Waals surface area (Å²) in [6.07, 6.45) is 0. The van der Waals surface area contributed by atoms with Crippen molar-refractivity contribution in [3.8, 4) is 0 Å². The fourth-order valence-corrected chi connectivity index (χ4v) is 0.612. The van der Waals surface area contributed by atoms with Crippen LogP contribution in [0.1, 0.15) is 0 Å². The zero-order valence-electron chi connectivity index (χ0n) is 7.87. The van der Waals surface area contributed by atoms with Crippen LogP contribution in [0.3, 0.4) is 0 Å². The molecule has 0 aromatic carbocycles. The maximum Gasteiger partial charge on any atom is 1.00 e. The fraction of sp³-hybridized carbons (Fsp3) is 0. The fourth-order valence-electron chi connectivity index (χ4n) is 0.0680. The van der Waals surface area contributed by atoms with Gasteiger partial charge in [0.1, 0.15) is 0 Å². The normalized spacial score (nSPS) is 9.12. The molecule has 0 unspecified atom stereocenters. The van der Waals surface area contributed by atoms with Gasteiger partial charge in [-0.15, -0.1) is 8.67 Å². The summed E-state index contributed by atoms with van der Waals surface area (Å²) in [5.41, 5.74) is 0. The van der Waals surface area contributed by atoms with Crippen LogP contribution in [-0.2, 0) is 29.5 Å². The van der Waals surface area contributed by atoms with Gasteiger partial charge in [0.05, 0.1) is 0 Å². The first-order chi connectivity index (χ1) is 6.21. The van der Waals surface area contributed by atoms with Crippen LogP contribution in [0.2, 0.25) is 0 Å². The smallest absolute Gasteiger partial charge is 0.724 e. The molecule has 0 atom stereocenters. The van der Waals surface area contributed by atoms with Crippen molar-refractivity contribution in [1.29, 1.82) is 0 Å². The van der Waals surface area contributed by atoms with Gasteiger partial charge in [-0.2, -0.15) is 0 Å². The van der Waals surface area contributed by atoms with Crippen LogP contribution in [0.25, 0.3) is 0 Å². The molecular formula is H4K2O12S2. The molecule has 0 aliphatic carbocycles. The average Bonchev–Trinajstić information content (AvgIpc) is 2.06. The minimum Gasteiger partial charge on any atom is -0.724 e. The molecule has 90 valence electrons. The van der Waals surface area contributed by atoms with Crippen molar-refractivity contribution in [3.63, 3.8) is 0 Å². The minimum atomic E-state index is -5.31. The molecule has 0 fully saturated rings. The zero-order chi connectivity index (χ0) is 12.4. The topological polar surface area (TPSA) is 214 Å². The van der Waals surface area contributed by atoms with Crippen molar-refractivity contribution < 1.29 is 158 Å². The average molecular weight is 338 g/mol. The summed E-state index contributed by atoms with van der Waals surface area (Å²) in [6.45, 7) is 0. The van der Waals surface area contributed by atoms with E-state index in [1.165, 1.54) is 0 Å². The molecule has 0 aliphatic rings. The van der Waals surface area contributed by atoms with Gasteiger partial charge in [0.25, 0.3) is 0 Å². The van der Waals surface area contributed by atoms with Crippen molar-refractivity contribution in [2.24, 2.45) is 0 Å². The molecule has 0 aromatic rings. The quantitative estimate of drug-likeness (QED) is 0.124. The molecular weight excluding hydrogens is 334 g/mol. The van der Waals surface area contributed by atoms with Crippen molar-refractivity contribution in [3.05, 3.63) is 0 Å². The summed E-state index contributed by atoms with van der Waals surface area (Å²) >= 11 is 0. The van der Waals surface area contributed by atoms with Crippen molar-refractivity contribution in [2.75, 3.05) is 0 Å². The standard InChI is InChI=1S/2K.H2O8S2.2H2O2/c;;1-9(2,3)7-8-10(4,5)6;2*1-2/h;;(H,1,2,3)(H,4,5,6);2*1-2H/q2*+1;;;/p-2. The maximum absolute atomic E-state index is 9.37. The van der Waals surface area contributed by atoms with Gasteiger partial charge >= 0.3 is 103 Å².